The van der Waals surface area contributed by atoms with Crippen molar-refractivity contribution in [3.05, 3.63) is 0 Å². The SMILES string of the molecule is O=CCCCC1CC2CC1C1CCCC21. The molecule has 0 aromatic rings. The van der Waals surface area contributed by atoms with Crippen LogP contribution in [0.1, 0.15) is 51.4 Å². The van der Waals surface area contributed by atoms with Crippen LogP contribution in [0.2, 0.25) is 0 Å². The lowest BCUT2D eigenvalue weighted by molar-refractivity contribution is -0.108. The summed E-state index contributed by atoms with van der Waals surface area (Å²) in [4.78, 5) is 10.3. The molecule has 5 atom stereocenters. The Kier molecular flexibility index (Phi) is 2.58. The molecule has 0 radical (unpaired) electrons. The predicted molar refractivity (Wildman–Crippen MR) is 60.5 cm³/mol. The quantitative estimate of drug-likeness (QED) is 0.509. The van der Waals surface area contributed by atoms with Crippen molar-refractivity contribution in [1.82, 2.24) is 0 Å². The van der Waals surface area contributed by atoms with E-state index in [-0.39, 0.29) is 0 Å². The molecule has 3 fully saturated rings. The van der Waals surface area contributed by atoms with Gasteiger partial charge >= 0.3 is 0 Å². The van der Waals surface area contributed by atoms with Gasteiger partial charge in [-0.2, -0.15) is 0 Å². The van der Waals surface area contributed by atoms with Gasteiger partial charge in [0.1, 0.15) is 6.29 Å². The number of carbonyl (C=O) groups is 1. The van der Waals surface area contributed by atoms with Gasteiger partial charge in [0.05, 0.1) is 0 Å². The van der Waals surface area contributed by atoms with Gasteiger partial charge in [-0.05, 0) is 68.1 Å². The lowest BCUT2D eigenvalue weighted by atomic mass is 9.74. The fourth-order valence-electron chi connectivity index (χ4n) is 5.01. The van der Waals surface area contributed by atoms with E-state index < -0.39 is 0 Å². The van der Waals surface area contributed by atoms with Gasteiger partial charge in [-0.3, -0.25) is 0 Å². The maximum absolute atomic E-state index is 10.3. The Morgan fingerprint density at radius 1 is 1.07 bits per heavy atom. The highest BCUT2D eigenvalue weighted by Gasteiger charge is 2.53. The van der Waals surface area contributed by atoms with Crippen LogP contribution in [-0.2, 0) is 4.79 Å². The average Bonchev–Trinajstić information content (AvgIpc) is 2.89. The van der Waals surface area contributed by atoms with E-state index in [2.05, 4.69) is 0 Å². The van der Waals surface area contributed by atoms with E-state index in [0.717, 1.165) is 48.7 Å². The van der Waals surface area contributed by atoms with E-state index in [0.29, 0.717) is 0 Å². The third kappa shape index (κ3) is 1.55. The first-order chi connectivity index (χ1) is 7.40. The van der Waals surface area contributed by atoms with Crippen molar-refractivity contribution in [1.29, 1.82) is 0 Å². The van der Waals surface area contributed by atoms with E-state index in [9.17, 15) is 4.79 Å². The molecule has 84 valence electrons. The number of hydrogen-bond acceptors (Lipinski definition) is 1. The summed E-state index contributed by atoms with van der Waals surface area (Å²) >= 11 is 0. The van der Waals surface area contributed by atoms with Gasteiger partial charge in [-0.15, -0.1) is 0 Å². The standard InChI is InChI=1S/C14H22O/c15-7-2-1-4-10-8-11-9-14(10)13-6-3-5-12(11)13/h7,10-14H,1-6,8-9H2. The minimum atomic E-state index is 0.794. The molecule has 0 amide bonds. The molecule has 0 aromatic heterocycles. The molecule has 2 bridgehead atoms. The minimum absolute atomic E-state index is 0.794. The van der Waals surface area contributed by atoms with E-state index >= 15 is 0 Å². The Morgan fingerprint density at radius 2 is 1.93 bits per heavy atom. The molecule has 0 aliphatic heterocycles. The van der Waals surface area contributed by atoms with Gasteiger partial charge in [0.25, 0.3) is 0 Å². The first-order valence-electron chi connectivity index (χ1n) is 6.84. The van der Waals surface area contributed by atoms with Gasteiger partial charge in [-0.25, -0.2) is 0 Å². The van der Waals surface area contributed by atoms with Crippen LogP contribution in [0, 0.1) is 29.6 Å². The Balaban J connectivity index is 1.58. The van der Waals surface area contributed by atoms with Crippen LogP contribution < -0.4 is 0 Å². The molecule has 3 rings (SSSR count). The largest absolute Gasteiger partial charge is 0.303 e. The summed E-state index contributed by atoms with van der Waals surface area (Å²) in [6, 6.07) is 0. The monoisotopic (exact) mass is 206 g/mol. The highest BCUT2D eigenvalue weighted by atomic mass is 16.1. The molecule has 0 heterocycles. The molecule has 1 heteroatoms. The second kappa shape index (κ2) is 3.92. The van der Waals surface area contributed by atoms with Crippen molar-refractivity contribution >= 4 is 6.29 Å². The van der Waals surface area contributed by atoms with Gasteiger partial charge in [0.2, 0.25) is 0 Å². The van der Waals surface area contributed by atoms with E-state index in [1.807, 2.05) is 0 Å². The molecular weight excluding hydrogens is 184 g/mol. The summed E-state index contributed by atoms with van der Waals surface area (Å²) in [7, 11) is 0. The highest BCUT2D eigenvalue weighted by Crippen LogP contribution is 2.61. The molecule has 0 aromatic carbocycles. The molecule has 0 saturated heterocycles. The molecular formula is C14H22O. The van der Waals surface area contributed by atoms with Crippen LogP contribution in [-0.4, -0.2) is 6.29 Å². The Hall–Kier alpha value is -0.330. The van der Waals surface area contributed by atoms with E-state index in [1.165, 1.54) is 32.1 Å². The average molecular weight is 206 g/mol. The van der Waals surface area contributed by atoms with Crippen molar-refractivity contribution < 1.29 is 4.79 Å². The lowest BCUT2D eigenvalue weighted by Gasteiger charge is -2.31. The number of carbonyl (C=O) groups excluding carboxylic acids is 1. The van der Waals surface area contributed by atoms with Gasteiger partial charge in [-0.1, -0.05) is 6.42 Å². The number of fused-ring (bicyclic) bond motifs is 5. The molecule has 0 spiro atoms. The van der Waals surface area contributed by atoms with Crippen molar-refractivity contribution in [2.75, 3.05) is 0 Å². The molecule has 3 saturated carbocycles. The van der Waals surface area contributed by atoms with Crippen molar-refractivity contribution in [2.24, 2.45) is 29.6 Å². The second-order valence-electron chi connectivity index (χ2n) is 6.01. The molecule has 1 nitrogen and oxygen atoms in total. The highest BCUT2D eigenvalue weighted by molar-refractivity contribution is 5.48. The maximum Gasteiger partial charge on any atom is 0.119 e. The zero-order valence-corrected chi connectivity index (χ0v) is 9.53. The zero-order chi connectivity index (χ0) is 10.3. The summed E-state index contributed by atoms with van der Waals surface area (Å²) in [5, 5.41) is 0. The number of rotatable bonds is 4. The fraction of sp³-hybridized carbons (Fsp3) is 0.929. The maximum atomic E-state index is 10.3. The summed E-state index contributed by atoms with van der Waals surface area (Å²) < 4.78 is 0. The van der Waals surface area contributed by atoms with Crippen molar-refractivity contribution in [3.8, 4) is 0 Å². The third-order valence-corrected chi connectivity index (χ3v) is 5.46. The van der Waals surface area contributed by atoms with Crippen molar-refractivity contribution in [3.63, 3.8) is 0 Å². The van der Waals surface area contributed by atoms with Gasteiger partial charge in [0, 0.05) is 6.42 Å². The summed E-state index contributed by atoms with van der Waals surface area (Å²) in [5.41, 5.74) is 0. The summed E-state index contributed by atoms with van der Waals surface area (Å²) in [6.07, 6.45) is 12.0. The second-order valence-corrected chi connectivity index (χ2v) is 6.01. The third-order valence-electron chi connectivity index (χ3n) is 5.46. The smallest absolute Gasteiger partial charge is 0.119 e. The normalized spacial score (nSPS) is 47.1. The fourth-order valence-corrected chi connectivity index (χ4v) is 5.01. The van der Waals surface area contributed by atoms with Crippen LogP contribution in [0.3, 0.4) is 0 Å². The molecule has 15 heavy (non-hydrogen) atoms. The van der Waals surface area contributed by atoms with Gasteiger partial charge < -0.3 is 4.79 Å². The number of hydrogen-bond donors (Lipinski definition) is 0. The Labute approximate surface area is 92.6 Å². The Bertz CT molecular complexity index is 248. The van der Waals surface area contributed by atoms with Crippen LogP contribution in [0.5, 0.6) is 0 Å². The zero-order valence-electron chi connectivity index (χ0n) is 9.53. The minimum Gasteiger partial charge on any atom is -0.303 e. The molecule has 3 aliphatic rings. The molecule has 0 N–H and O–H groups in total. The first-order valence-corrected chi connectivity index (χ1v) is 6.84. The van der Waals surface area contributed by atoms with Crippen LogP contribution >= 0.6 is 0 Å². The van der Waals surface area contributed by atoms with Crippen molar-refractivity contribution in [2.45, 2.75) is 51.4 Å². The van der Waals surface area contributed by atoms with Crippen LogP contribution in [0.25, 0.3) is 0 Å². The molecule has 5 unspecified atom stereocenters. The number of unbranched alkanes of at least 4 members (excludes halogenated alkanes) is 1. The van der Waals surface area contributed by atoms with Gasteiger partial charge in [0.15, 0.2) is 0 Å². The summed E-state index contributed by atoms with van der Waals surface area (Å²) in [6.45, 7) is 0. The van der Waals surface area contributed by atoms with E-state index in [1.54, 1.807) is 6.42 Å². The molecule has 3 aliphatic carbocycles. The topological polar surface area (TPSA) is 17.1 Å². The van der Waals surface area contributed by atoms with Crippen LogP contribution in [0.15, 0.2) is 0 Å². The Morgan fingerprint density at radius 3 is 2.80 bits per heavy atom. The predicted octanol–water partition coefficient (Wildman–Crippen LogP) is 3.43. The van der Waals surface area contributed by atoms with Crippen LogP contribution in [0.4, 0.5) is 0 Å². The lowest BCUT2D eigenvalue weighted by Crippen LogP contribution is -2.24. The first kappa shape index (κ1) is 9.86. The van der Waals surface area contributed by atoms with E-state index in [4.69, 9.17) is 0 Å². The number of aldehydes is 1. The summed E-state index contributed by atoms with van der Waals surface area (Å²) in [5.74, 6) is 5.37.